The van der Waals surface area contributed by atoms with Crippen molar-refractivity contribution < 1.29 is 42.1 Å². The van der Waals surface area contributed by atoms with Crippen molar-refractivity contribution in [3.63, 3.8) is 0 Å². The summed E-state index contributed by atoms with van der Waals surface area (Å²) < 4.78 is 34.9. The fraction of sp³-hybridized carbons (Fsp3) is 0.907. The van der Waals surface area contributed by atoms with Gasteiger partial charge in [-0.2, -0.15) is 0 Å². The highest BCUT2D eigenvalue weighted by Gasteiger charge is 2.27. The number of likely N-dealkylation sites (N-methyl/N-ethyl adjacent to an activating group) is 1. The summed E-state index contributed by atoms with van der Waals surface area (Å²) in [6.07, 6.45) is 102. The van der Waals surface area contributed by atoms with Gasteiger partial charge >= 0.3 is 19.8 Å². The second-order valence-corrected chi connectivity index (χ2v) is 32.0. The summed E-state index contributed by atoms with van der Waals surface area (Å²) in [5.74, 6) is -0.772. The number of unbranched alkanes of at least 4 members (excludes halogenated alkanes) is 61. The summed E-state index contributed by atoms with van der Waals surface area (Å²) in [6.45, 7) is 4.51. The van der Waals surface area contributed by atoms with Crippen LogP contribution in [0.15, 0.2) is 36.5 Å². The average molecular weight is 1370 g/mol. The predicted octanol–water partition coefficient (Wildman–Crippen LogP) is 28.5. The number of hydrogen-bond donors (Lipinski definition) is 1. The summed E-state index contributed by atoms with van der Waals surface area (Å²) in [6, 6.07) is 0. The van der Waals surface area contributed by atoms with Gasteiger partial charge in [0.25, 0.3) is 0 Å². The predicted molar refractivity (Wildman–Crippen MR) is 418 cm³/mol. The minimum absolute atomic E-state index is 0.0346. The molecule has 0 aliphatic heterocycles. The van der Waals surface area contributed by atoms with Crippen LogP contribution in [0.5, 0.6) is 0 Å². The van der Waals surface area contributed by atoms with Gasteiger partial charge in [0, 0.05) is 12.8 Å². The lowest BCUT2D eigenvalue weighted by Gasteiger charge is -2.24. The molecule has 96 heavy (non-hydrogen) atoms. The quantitative estimate of drug-likeness (QED) is 0.0211. The number of phosphoric ester groups is 1. The minimum atomic E-state index is -4.39. The molecule has 10 heteroatoms. The van der Waals surface area contributed by atoms with E-state index in [0.29, 0.717) is 23.9 Å². The van der Waals surface area contributed by atoms with Crippen LogP contribution in [0.25, 0.3) is 0 Å². The second kappa shape index (κ2) is 77.4. The van der Waals surface area contributed by atoms with Gasteiger partial charge in [-0.25, -0.2) is 4.57 Å². The minimum Gasteiger partial charge on any atom is -0.462 e. The zero-order valence-corrected chi connectivity index (χ0v) is 66.0. The normalized spacial score (nSPS) is 13.1. The maximum Gasteiger partial charge on any atom is 0.472 e. The molecule has 0 spiro atoms. The highest BCUT2D eigenvalue weighted by Crippen LogP contribution is 2.43. The van der Waals surface area contributed by atoms with E-state index in [0.717, 1.165) is 44.9 Å². The Balaban J connectivity index is 3.85. The van der Waals surface area contributed by atoms with Crippen LogP contribution < -0.4 is 0 Å². The van der Waals surface area contributed by atoms with Crippen molar-refractivity contribution in [2.45, 2.75) is 457 Å². The third kappa shape index (κ3) is 81.2. The molecule has 0 heterocycles. The topological polar surface area (TPSA) is 108 Å². The van der Waals surface area contributed by atoms with Crippen molar-refractivity contribution in [2.24, 2.45) is 0 Å². The monoisotopic (exact) mass is 1370 g/mol. The lowest BCUT2D eigenvalue weighted by Crippen LogP contribution is -2.37. The molecule has 0 aromatic carbocycles. The van der Waals surface area contributed by atoms with E-state index in [2.05, 4.69) is 50.3 Å². The van der Waals surface area contributed by atoms with E-state index in [1.807, 2.05) is 21.1 Å². The van der Waals surface area contributed by atoms with Gasteiger partial charge in [0.1, 0.15) is 19.8 Å². The average Bonchev–Trinajstić information content (AvgIpc) is 1.97. The van der Waals surface area contributed by atoms with E-state index in [4.69, 9.17) is 18.5 Å². The van der Waals surface area contributed by atoms with Crippen LogP contribution in [0.3, 0.4) is 0 Å². The van der Waals surface area contributed by atoms with E-state index in [1.54, 1.807) is 0 Å². The van der Waals surface area contributed by atoms with Crippen LogP contribution >= 0.6 is 7.82 Å². The third-order valence-electron chi connectivity index (χ3n) is 19.7. The van der Waals surface area contributed by atoms with Gasteiger partial charge in [-0.3, -0.25) is 18.6 Å². The molecule has 0 bridgehead atoms. The maximum absolute atomic E-state index is 12.9. The lowest BCUT2D eigenvalue weighted by atomic mass is 10.0. The molecule has 0 saturated heterocycles. The van der Waals surface area contributed by atoms with Gasteiger partial charge in [0.15, 0.2) is 6.10 Å². The number of allylic oxidation sites excluding steroid dienone is 6. The number of carbonyl (C=O) groups excluding carboxylic acids is 2. The van der Waals surface area contributed by atoms with E-state index in [1.165, 1.54) is 372 Å². The summed E-state index contributed by atoms with van der Waals surface area (Å²) in [5, 5.41) is 0. The molecule has 568 valence electrons. The Morgan fingerprint density at radius 1 is 0.323 bits per heavy atom. The Kier molecular flexibility index (Phi) is 76.0. The van der Waals surface area contributed by atoms with E-state index >= 15 is 0 Å². The largest absolute Gasteiger partial charge is 0.472 e. The van der Waals surface area contributed by atoms with Gasteiger partial charge in [0.2, 0.25) is 0 Å². The third-order valence-corrected chi connectivity index (χ3v) is 20.7. The molecule has 0 aliphatic rings. The molecule has 9 nitrogen and oxygen atoms in total. The fourth-order valence-electron chi connectivity index (χ4n) is 13.2. The summed E-state index contributed by atoms with van der Waals surface area (Å²) in [5.41, 5.74) is 0. The zero-order valence-electron chi connectivity index (χ0n) is 65.2. The Bertz CT molecular complexity index is 1710. The first-order valence-electron chi connectivity index (χ1n) is 42.7. The van der Waals surface area contributed by atoms with Crippen molar-refractivity contribution >= 4 is 19.8 Å². The van der Waals surface area contributed by atoms with Crippen LogP contribution in [0.4, 0.5) is 0 Å². The van der Waals surface area contributed by atoms with Crippen LogP contribution in [0.2, 0.25) is 0 Å². The molecule has 0 amide bonds. The molecule has 0 saturated carbocycles. The second-order valence-electron chi connectivity index (χ2n) is 30.6. The van der Waals surface area contributed by atoms with Gasteiger partial charge in [-0.05, 0) is 51.4 Å². The number of nitrogens with zero attached hydrogens (tertiary/aromatic N) is 1. The number of rotatable bonds is 81. The van der Waals surface area contributed by atoms with Gasteiger partial charge in [-0.1, -0.05) is 423 Å². The zero-order chi connectivity index (χ0) is 69.7. The van der Waals surface area contributed by atoms with Crippen molar-refractivity contribution in [2.75, 3.05) is 47.5 Å². The van der Waals surface area contributed by atoms with E-state index in [9.17, 15) is 19.0 Å². The molecule has 0 rings (SSSR count). The van der Waals surface area contributed by atoms with Gasteiger partial charge < -0.3 is 18.9 Å². The molecule has 0 fully saturated rings. The SMILES string of the molecule is CCCCCCC/C=C\C/C=C\C/C=C\CCCCCCCCCCCCCCCCCCC(=O)OC(COC(=O)CCCCCCCCCCCCCCCCCCCCCCCCCCCCCCCCCCCCCCCCCCC)COP(=O)(O)OCC[N+](C)(C)C. The van der Waals surface area contributed by atoms with Gasteiger partial charge in [0.05, 0.1) is 27.7 Å². The number of esters is 2. The van der Waals surface area contributed by atoms with Crippen molar-refractivity contribution in [3.8, 4) is 0 Å². The Morgan fingerprint density at radius 2 is 0.562 bits per heavy atom. The smallest absolute Gasteiger partial charge is 0.462 e. The first-order valence-corrected chi connectivity index (χ1v) is 44.2. The van der Waals surface area contributed by atoms with Gasteiger partial charge in [-0.15, -0.1) is 0 Å². The lowest BCUT2D eigenvalue weighted by molar-refractivity contribution is -0.870. The number of hydrogen-bond acceptors (Lipinski definition) is 7. The Labute approximate surface area is 599 Å². The highest BCUT2D eigenvalue weighted by atomic mass is 31.2. The number of phosphoric acid groups is 1. The first-order chi connectivity index (χ1) is 47.0. The molecule has 2 unspecified atom stereocenters. The summed E-state index contributed by atoms with van der Waals surface area (Å²) in [4.78, 5) is 36.0. The number of ether oxygens (including phenoxy) is 2. The van der Waals surface area contributed by atoms with Crippen LogP contribution in [-0.4, -0.2) is 74.9 Å². The maximum atomic E-state index is 12.9. The Hall–Kier alpha value is -1.77. The summed E-state index contributed by atoms with van der Waals surface area (Å²) >= 11 is 0. The highest BCUT2D eigenvalue weighted by molar-refractivity contribution is 7.47. The molecule has 0 aliphatic carbocycles. The van der Waals surface area contributed by atoms with E-state index in [-0.39, 0.29) is 25.6 Å². The molecular weight excluding hydrogens is 1210 g/mol. The van der Waals surface area contributed by atoms with Crippen LogP contribution in [-0.2, 0) is 32.7 Å². The number of quaternary nitrogens is 1. The summed E-state index contributed by atoms with van der Waals surface area (Å²) in [7, 11) is 1.50. The molecule has 2 atom stereocenters. The molecule has 0 aromatic heterocycles. The first kappa shape index (κ1) is 94.2. The standard InChI is InChI=1S/C86H166NO8P/c1-6-8-10-12-14-16-18-20-22-24-26-28-30-32-34-36-38-39-40-41-42-43-44-45-46-47-49-50-52-54-56-58-60-62-64-66-68-70-72-74-76-78-85(88)92-82-84(83-94-96(90,91)93-81-80-87(3,4)5)95-86(89)79-77-75-73-71-69-67-65-63-61-59-57-55-53-51-48-37-35-33-31-29-27-25-23-21-19-17-15-13-11-9-7-2/h19,21,25,27,31,33,84H,6-18,20,22-24,26,28-30,32,34-83H2,1-5H3/p+1/b21-19-,27-25-,33-31-. The fourth-order valence-corrected chi connectivity index (χ4v) is 13.9. The van der Waals surface area contributed by atoms with E-state index < -0.39 is 26.5 Å². The molecule has 0 aromatic rings. The molecular formula is C86H167NO8P+. The van der Waals surface area contributed by atoms with Crippen LogP contribution in [0.1, 0.15) is 450 Å². The van der Waals surface area contributed by atoms with Crippen molar-refractivity contribution in [1.82, 2.24) is 0 Å². The van der Waals surface area contributed by atoms with Crippen LogP contribution in [0, 0.1) is 0 Å². The number of carbonyl (C=O) groups is 2. The molecule has 1 N–H and O–H groups in total. The van der Waals surface area contributed by atoms with Crippen molar-refractivity contribution in [3.05, 3.63) is 36.5 Å². The Morgan fingerprint density at radius 3 is 0.833 bits per heavy atom. The van der Waals surface area contributed by atoms with Crippen molar-refractivity contribution in [1.29, 1.82) is 0 Å². The molecule has 0 radical (unpaired) electrons.